The molecule has 0 atom stereocenters. The second-order valence-electron chi connectivity index (χ2n) is 4.62. The Labute approximate surface area is 89.7 Å². The van der Waals surface area contributed by atoms with Gasteiger partial charge in [-0.15, -0.1) is 0 Å². The number of hydrogen-bond donors (Lipinski definition) is 0. The molecule has 0 aromatic heterocycles. The van der Waals surface area contributed by atoms with E-state index in [4.69, 9.17) is 9.57 Å². The van der Waals surface area contributed by atoms with Crippen LogP contribution >= 0.6 is 0 Å². The summed E-state index contributed by atoms with van der Waals surface area (Å²) in [7, 11) is 0. The minimum Gasteiger partial charge on any atom is -0.435 e. The lowest BCUT2D eigenvalue weighted by atomic mass is 9.87. The minimum absolute atomic E-state index is 0.174. The molecule has 3 nitrogen and oxygen atoms in total. The lowest BCUT2D eigenvalue weighted by Crippen LogP contribution is -2.11. The van der Waals surface area contributed by atoms with E-state index < -0.39 is 0 Å². The summed E-state index contributed by atoms with van der Waals surface area (Å²) >= 11 is 0. The minimum atomic E-state index is 0.174. The van der Waals surface area contributed by atoms with Gasteiger partial charge in [0, 0.05) is 5.56 Å². The highest BCUT2D eigenvalue weighted by Crippen LogP contribution is 2.22. The van der Waals surface area contributed by atoms with Crippen LogP contribution in [0.15, 0.2) is 29.4 Å². The molecular weight excluding hydrogens is 190 g/mol. The van der Waals surface area contributed by atoms with Gasteiger partial charge in [0.1, 0.15) is 0 Å². The second kappa shape index (κ2) is 3.57. The molecule has 2 rings (SSSR count). The molecule has 1 aromatic rings. The molecule has 0 aliphatic carbocycles. The third kappa shape index (κ3) is 2.12. The molecule has 1 aliphatic rings. The van der Waals surface area contributed by atoms with Crippen LogP contribution in [0.4, 0.5) is 0 Å². The van der Waals surface area contributed by atoms with E-state index in [9.17, 15) is 0 Å². The van der Waals surface area contributed by atoms with Gasteiger partial charge in [-0.3, -0.25) is 0 Å². The number of ether oxygens (including phenoxy) is 1. The third-order valence-electron chi connectivity index (χ3n) is 2.39. The van der Waals surface area contributed by atoms with Gasteiger partial charge in [-0.1, -0.05) is 32.9 Å². The average molecular weight is 205 g/mol. The molecule has 15 heavy (non-hydrogen) atoms. The number of nitrogens with zero attached hydrogens (tertiary/aromatic N) is 1. The maximum atomic E-state index is 5.19. The van der Waals surface area contributed by atoms with Crippen molar-refractivity contribution in [2.24, 2.45) is 5.16 Å². The molecule has 1 aromatic carbocycles. The molecule has 0 fully saturated rings. The van der Waals surface area contributed by atoms with E-state index in [1.807, 2.05) is 12.1 Å². The van der Waals surface area contributed by atoms with Gasteiger partial charge in [-0.2, -0.15) is 0 Å². The molecule has 0 saturated carbocycles. The molecule has 1 aliphatic heterocycles. The molecule has 1 heterocycles. The van der Waals surface area contributed by atoms with Crippen LogP contribution in [-0.4, -0.2) is 12.7 Å². The number of hydrogen-bond acceptors (Lipinski definition) is 3. The fourth-order valence-electron chi connectivity index (χ4n) is 1.44. The molecule has 0 radical (unpaired) electrons. The summed E-state index contributed by atoms with van der Waals surface area (Å²) in [5.74, 6) is 0.565. The highest BCUT2D eigenvalue weighted by atomic mass is 16.8. The molecule has 0 spiro atoms. The predicted octanol–water partition coefficient (Wildman–Crippen LogP) is 2.65. The molecular formula is C12H15NO2. The SMILES string of the molecule is CC(C)(C)c1ccc(C2=NOCO2)cc1. The van der Waals surface area contributed by atoms with Gasteiger partial charge in [0.15, 0.2) is 0 Å². The molecule has 0 amide bonds. The Bertz CT molecular complexity index is 374. The molecule has 0 bridgehead atoms. The molecule has 80 valence electrons. The van der Waals surface area contributed by atoms with Crippen LogP contribution in [0.3, 0.4) is 0 Å². The molecule has 3 heteroatoms. The van der Waals surface area contributed by atoms with Gasteiger partial charge in [0.05, 0.1) is 0 Å². The van der Waals surface area contributed by atoms with Crippen molar-refractivity contribution in [2.45, 2.75) is 26.2 Å². The summed E-state index contributed by atoms with van der Waals surface area (Å²) in [5, 5.41) is 3.79. The van der Waals surface area contributed by atoms with E-state index in [2.05, 4.69) is 38.1 Å². The highest BCUT2D eigenvalue weighted by molar-refractivity contribution is 5.94. The molecule has 0 saturated heterocycles. The van der Waals surface area contributed by atoms with Crippen molar-refractivity contribution in [1.29, 1.82) is 0 Å². The Kier molecular flexibility index (Phi) is 2.39. The van der Waals surface area contributed by atoms with Gasteiger partial charge in [0.25, 0.3) is 12.7 Å². The van der Waals surface area contributed by atoms with Crippen LogP contribution in [0, 0.1) is 0 Å². The van der Waals surface area contributed by atoms with Crippen molar-refractivity contribution in [3.05, 3.63) is 35.4 Å². The standard InChI is InChI=1S/C12H15NO2/c1-12(2,3)10-6-4-9(5-7-10)11-13-15-8-14-11/h4-7H,8H2,1-3H3. The van der Waals surface area contributed by atoms with E-state index in [1.54, 1.807) is 0 Å². The van der Waals surface area contributed by atoms with Gasteiger partial charge >= 0.3 is 0 Å². The normalized spacial score (nSPS) is 15.5. The molecule has 0 N–H and O–H groups in total. The fraction of sp³-hybridized carbons (Fsp3) is 0.417. The van der Waals surface area contributed by atoms with Crippen LogP contribution in [-0.2, 0) is 15.0 Å². The van der Waals surface area contributed by atoms with Gasteiger partial charge in [-0.05, 0) is 28.3 Å². The monoisotopic (exact) mass is 205 g/mol. The Hall–Kier alpha value is -1.51. The smallest absolute Gasteiger partial charge is 0.260 e. The summed E-state index contributed by atoms with van der Waals surface area (Å²) in [6.07, 6.45) is 0. The van der Waals surface area contributed by atoms with Crippen LogP contribution in [0.1, 0.15) is 31.9 Å². The largest absolute Gasteiger partial charge is 0.435 e. The number of rotatable bonds is 1. The predicted molar refractivity (Wildman–Crippen MR) is 58.7 cm³/mol. The van der Waals surface area contributed by atoms with E-state index in [1.165, 1.54) is 5.56 Å². The molecule has 0 unspecified atom stereocenters. The first kappa shape index (κ1) is 10.0. The van der Waals surface area contributed by atoms with Crippen LogP contribution in [0.5, 0.6) is 0 Å². The van der Waals surface area contributed by atoms with Crippen molar-refractivity contribution in [3.63, 3.8) is 0 Å². The Morgan fingerprint density at radius 2 is 1.80 bits per heavy atom. The van der Waals surface area contributed by atoms with Crippen molar-refractivity contribution in [1.82, 2.24) is 0 Å². The Morgan fingerprint density at radius 1 is 1.13 bits per heavy atom. The second-order valence-corrected chi connectivity index (χ2v) is 4.62. The number of benzene rings is 1. The van der Waals surface area contributed by atoms with Crippen LogP contribution in [0.25, 0.3) is 0 Å². The highest BCUT2D eigenvalue weighted by Gasteiger charge is 2.15. The van der Waals surface area contributed by atoms with Gasteiger partial charge in [0.2, 0.25) is 0 Å². The average Bonchev–Trinajstić information content (AvgIpc) is 2.69. The number of oxime groups is 1. The van der Waals surface area contributed by atoms with E-state index >= 15 is 0 Å². The Balaban J connectivity index is 2.24. The lowest BCUT2D eigenvalue weighted by Gasteiger charge is -2.18. The summed E-state index contributed by atoms with van der Waals surface area (Å²) in [4.78, 5) is 4.77. The first-order valence-electron chi connectivity index (χ1n) is 5.01. The van der Waals surface area contributed by atoms with E-state index in [0.29, 0.717) is 5.90 Å². The van der Waals surface area contributed by atoms with E-state index in [-0.39, 0.29) is 12.2 Å². The zero-order valence-corrected chi connectivity index (χ0v) is 9.28. The van der Waals surface area contributed by atoms with Crippen molar-refractivity contribution in [3.8, 4) is 0 Å². The van der Waals surface area contributed by atoms with E-state index in [0.717, 1.165) is 5.56 Å². The maximum Gasteiger partial charge on any atom is 0.260 e. The van der Waals surface area contributed by atoms with Crippen LogP contribution < -0.4 is 0 Å². The quantitative estimate of drug-likeness (QED) is 0.705. The van der Waals surface area contributed by atoms with Crippen molar-refractivity contribution >= 4 is 5.90 Å². The first-order chi connectivity index (χ1) is 7.07. The van der Waals surface area contributed by atoms with Crippen molar-refractivity contribution < 1.29 is 9.57 Å². The van der Waals surface area contributed by atoms with Crippen molar-refractivity contribution in [2.75, 3.05) is 6.79 Å². The van der Waals surface area contributed by atoms with Crippen LogP contribution in [0.2, 0.25) is 0 Å². The topological polar surface area (TPSA) is 30.8 Å². The van der Waals surface area contributed by atoms with Gasteiger partial charge < -0.3 is 9.57 Å². The Morgan fingerprint density at radius 3 is 2.27 bits per heavy atom. The zero-order valence-electron chi connectivity index (χ0n) is 9.28. The summed E-state index contributed by atoms with van der Waals surface area (Å²) < 4.78 is 5.19. The lowest BCUT2D eigenvalue weighted by molar-refractivity contribution is 0.0583. The summed E-state index contributed by atoms with van der Waals surface area (Å²) in [6, 6.07) is 8.21. The maximum absolute atomic E-state index is 5.19. The van der Waals surface area contributed by atoms with Gasteiger partial charge in [-0.25, -0.2) is 0 Å². The summed E-state index contributed by atoms with van der Waals surface area (Å²) in [6.45, 7) is 6.79. The summed E-state index contributed by atoms with van der Waals surface area (Å²) in [5.41, 5.74) is 2.43. The first-order valence-corrected chi connectivity index (χ1v) is 5.01. The fourth-order valence-corrected chi connectivity index (χ4v) is 1.44. The zero-order chi connectivity index (χ0) is 10.9. The third-order valence-corrected chi connectivity index (χ3v) is 2.39.